The number of hydrogen-bond donors (Lipinski definition) is 0. The Bertz CT molecular complexity index is 912. The predicted octanol–water partition coefficient (Wildman–Crippen LogP) is 4.22. The summed E-state index contributed by atoms with van der Waals surface area (Å²) in [4.78, 5) is 0.171. The lowest BCUT2D eigenvalue weighted by Gasteiger charge is -2.24. The smallest absolute Gasteiger partial charge is 0.262 e. The van der Waals surface area contributed by atoms with Crippen molar-refractivity contribution < 1.29 is 12.8 Å². The molecule has 3 nitrogen and oxygen atoms in total. The number of halogens is 1. The molecular weight excluding hydrogens is 325 g/mol. The Balaban J connectivity index is 2.08. The monoisotopic (exact) mass is 341 g/mol. The minimum Gasteiger partial charge on any atom is -0.262 e. The van der Waals surface area contributed by atoms with Crippen LogP contribution in [0.2, 0.25) is 0 Å². The highest BCUT2D eigenvalue weighted by Gasteiger charge is 2.25. The molecule has 24 heavy (non-hydrogen) atoms. The normalized spacial score (nSPS) is 11.2. The average molecular weight is 341 g/mol. The van der Waals surface area contributed by atoms with Gasteiger partial charge in [0.05, 0.1) is 17.1 Å². The second-order valence-corrected chi connectivity index (χ2v) is 7.15. The molecule has 3 aromatic rings. The Morgan fingerprint density at radius 2 is 1.42 bits per heavy atom. The molecule has 0 aliphatic carbocycles. The van der Waals surface area contributed by atoms with Gasteiger partial charge in [-0.15, -0.1) is 0 Å². The van der Waals surface area contributed by atoms with E-state index in [2.05, 4.69) is 0 Å². The number of benzene rings is 3. The summed E-state index contributed by atoms with van der Waals surface area (Å²) < 4.78 is 41.0. The molecule has 0 fully saturated rings. The first-order chi connectivity index (χ1) is 11.6. The van der Waals surface area contributed by atoms with Gasteiger partial charge in [-0.1, -0.05) is 54.6 Å². The van der Waals surface area contributed by atoms with Crippen molar-refractivity contribution in [1.82, 2.24) is 0 Å². The Labute approximate surface area is 141 Å². The van der Waals surface area contributed by atoms with Crippen LogP contribution in [0.4, 0.5) is 10.1 Å². The van der Waals surface area contributed by atoms with Crippen LogP contribution in [0.5, 0.6) is 0 Å². The highest BCUT2D eigenvalue weighted by atomic mass is 32.2. The molecule has 0 saturated heterocycles. The number of rotatable bonds is 5. The van der Waals surface area contributed by atoms with Gasteiger partial charge in [-0.2, -0.15) is 0 Å². The van der Waals surface area contributed by atoms with Gasteiger partial charge in [0, 0.05) is 0 Å². The molecule has 0 amide bonds. The molecule has 122 valence electrons. The van der Waals surface area contributed by atoms with E-state index in [4.69, 9.17) is 0 Å². The summed E-state index contributed by atoms with van der Waals surface area (Å²) in [5, 5.41) is 0. The van der Waals surface area contributed by atoms with E-state index in [-0.39, 0.29) is 11.4 Å². The predicted molar refractivity (Wildman–Crippen MR) is 92.7 cm³/mol. The molecule has 0 aliphatic heterocycles. The van der Waals surface area contributed by atoms with Crippen LogP contribution in [0.25, 0.3) is 0 Å². The van der Waals surface area contributed by atoms with Gasteiger partial charge in [-0.25, -0.2) is 12.8 Å². The van der Waals surface area contributed by atoms with Crippen LogP contribution in [0.1, 0.15) is 5.56 Å². The molecule has 0 radical (unpaired) electrons. The van der Waals surface area contributed by atoms with Gasteiger partial charge >= 0.3 is 0 Å². The molecule has 0 aliphatic rings. The highest BCUT2D eigenvalue weighted by Crippen LogP contribution is 2.26. The summed E-state index contributed by atoms with van der Waals surface area (Å²) in [5.74, 6) is -0.478. The van der Waals surface area contributed by atoms with Gasteiger partial charge in [0.15, 0.2) is 0 Å². The van der Waals surface area contributed by atoms with Gasteiger partial charge in [-0.05, 0) is 35.9 Å². The highest BCUT2D eigenvalue weighted by molar-refractivity contribution is 7.92. The maximum atomic E-state index is 13.6. The standard InChI is InChI=1S/C19H16FNO2S/c20-17-10-7-11-18(14-17)21(15-16-8-3-1-4-9-16)24(22,23)19-12-5-2-6-13-19/h1-14H,15H2. The summed E-state index contributed by atoms with van der Waals surface area (Å²) in [6.07, 6.45) is 0. The molecule has 0 bridgehead atoms. The molecule has 0 heterocycles. The van der Waals surface area contributed by atoms with Crippen LogP contribution in [0, 0.1) is 5.82 Å². The fourth-order valence-electron chi connectivity index (χ4n) is 2.42. The van der Waals surface area contributed by atoms with Crippen LogP contribution < -0.4 is 4.31 Å². The van der Waals surface area contributed by atoms with Crippen molar-refractivity contribution in [1.29, 1.82) is 0 Å². The first kappa shape index (κ1) is 16.2. The number of anilines is 1. The largest absolute Gasteiger partial charge is 0.264 e. The molecule has 0 spiro atoms. The van der Waals surface area contributed by atoms with E-state index < -0.39 is 15.8 Å². The molecule has 3 aromatic carbocycles. The van der Waals surface area contributed by atoms with Crippen molar-refractivity contribution in [3.63, 3.8) is 0 Å². The van der Waals surface area contributed by atoms with Crippen molar-refractivity contribution >= 4 is 15.7 Å². The lowest BCUT2D eigenvalue weighted by molar-refractivity contribution is 0.590. The van der Waals surface area contributed by atoms with Crippen molar-refractivity contribution in [2.75, 3.05) is 4.31 Å². The Kier molecular flexibility index (Phi) is 4.62. The molecule has 3 rings (SSSR count). The molecular formula is C19H16FNO2S. The second kappa shape index (κ2) is 6.84. The summed E-state index contributed by atoms with van der Waals surface area (Å²) in [6.45, 7) is 0.127. The lowest BCUT2D eigenvalue weighted by atomic mass is 10.2. The quantitative estimate of drug-likeness (QED) is 0.697. The van der Waals surface area contributed by atoms with E-state index >= 15 is 0 Å². The third kappa shape index (κ3) is 3.46. The fourth-order valence-corrected chi connectivity index (χ4v) is 3.88. The minimum atomic E-state index is -3.80. The van der Waals surface area contributed by atoms with Crippen LogP contribution in [0.15, 0.2) is 89.8 Å². The van der Waals surface area contributed by atoms with E-state index in [1.807, 2.05) is 30.3 Å². The Morgan fingerprint density at radius 3 is 2.04 bits per heavy atom. The van der Waals surface area contributed by atoms with Gasteiger partial charge in [0.2, 0.25) is 0 Å². The van der Waals surface area contributed by atoms with Crippen LogP contribution in [-0.2, 0) is 16.6 Å². The summed E-state index contributed by atoms with van der Waals surface area (Å²) >= 11 is 0. The van der Waals surface area contributed by atoms with Crippen LogP contribution >= 0.6 is 0 Å². The van der Waals surface area contributed by atoms with Gasteiger partial charge in [-0.3, -0.25) is 4.31 Å². The summed E-state index contributed by atoms with van der Waals surface area (Å²) in [6, 6.07) is 23.0. The maximum absolute atomic E-state index is 13.6. The molecule has 0 unspecified atom stereocenters. The molecule has 0 atom stereocenters. The van der Waals surface area contributed by atoms with Gasteiger partial charge < -0.3 is 0 Å². The van der Waals surface area contributed by atoms with Crippen molar-refractivity contribution in [2.45, 2.75) is 11.4 Å². The maximum Gasteiger partial charge on any atom is 0.264 e. The number of nitrogens with zero attached hydrogens (tertiary/aromatic N) is 1. The first-order valence-corrected chi connectivity index (χ1v) is 8.89. The van der Waals surface area contributed by atoms with Gasteiger partial charge in [0.25, 0.3) is 10.0 Å². The first-order valence-electron chi connectivity index (χ1n) is 7.45. The molecule has 0 N–H and O–H groups in total. The van der Waals surface area contributed by atoms with E-state index in [9.17, 15) is 12.8 Å². The molecule has 5 heteroatoms. The van der Waals surface area contributed by atoms with Gasteiger partial charge in [0.1, 0.15) is 5.82 Å². The van der Waals surface area contributed by atoms with E-state index in [0.29, 0.717) is 5.69 Å². The second-order valence-electron chi connectivity index (χ2n) is 5.29. The topological polar surface area (TPSA) is 37.4 Å². The number of hydrogen-bond acceptors (Lipinski definition) is 2. The third-order valence-corrected chi connectivity index (χ3v) is 5.38. The summed E-state index contributed by atoms with van der Waals surface area (Å²) in [7, 11) is -3.80. The van der Waals surface area contributed by atoms with E-state index in [0.717, 1.165) is 5.56 Å². The van der Waals surface area contributed by atoms with E-state index in [1.165, 1.54) is 34.6 Å². The zero-order valence-corrected chi connectivity index (χ0v) is 13.7. The van der Waals surface area contributed by atoms with Crippen molar-refractivity contribution in [2.24, 2.45) is 0 Å². The minimum absolute atomic E-state index is 0.127. The van der Waals surface area contributed by atoms with Crippen molar-refractivity contribution in [3.05, 3.63) is 96.3 Å². The zero-order chi connectivity index (χ0) is 17.0. The lowest BCUT2D eigenvalue weighted by Crippen LogP contribution is -2.30. The SMILES string of the molecule is O=S(=O)(c1ccccc1)N(Cc1ccccc1)c1cccc(F)c1. The van der Waals surface area contributed by atoms with E-state index in [1.54, 1.807) is 24.3 Å². The average Bonchev–Trinajstić information content (AvgIpc) is 2.61. The van der Waals surface area contributed by atoms with Crippen LogP contribution in [0.3, 0.4) is 0 Å². The number of sulfonamides is 1. The third-order valence-electron chi connectivity index (χ3n) is 3.60. The van der Waals surface area contributed by atoms with Crippen LogP contribution in [-0.4, -0.2) is 8.42 Å². The zero-order valence-electron chi connectivity index (χ0n) is 12.8. The Hall–Kier alpha value is -2.66. The molecule has 0 saturated carbocycles. The molecule has 0 aromatic heterocycles. The van der Waals surface area contributed by atoms with Crippen molar-refractivity contribution in [3.8, 4) is 0 Å². The fraction of sp³-hybridized carbons (Fsp3) is 0.0526. The Morgan fingerprint density at radius 1 is 0.792 bits per heavy atom. The summed E-state index contributed by atoms with van der Waals surface area (Å²) in [5.41, 5.74) is 1.11.